The molecule has 2 amide bonds. The second-order valence-electron chi connectivity index (χ2n) is 8.36. The molecule has 0 spiro atoms. The Morgan fingerprint density at radius 3 is 2.49 bits per heavy atom. The van der Waals surface area contributed by atoms with Crippen LogP contribution in [-0.4, -0.2) is 56.6 Å². The highest BCUT2D eigenvalue weighted by atomic mass is 35.5. The van der Waals surface area contributed by atoms with Gasteiger partial charge in [-0.1, -0.05) is 29.3 Å². The van der Waals surface area contributed by atoms with Crippen LogP contribution in [0.5, 0.6) is 0 Å². The molecule has 0 aromatic heterocycles. The molecule has 1 saturated heterocycles. The quantitative estimate of drug-likeness (QED) is 0.361. The molecule has 190 valence electrons. The molecule has 1 atom stereocenters. The van der Waals surface area contributed by atoms with E-state index in [4.69, 9.17) is 32.7 Å². The highest BCUT2D eigenvalue weighted by Gasteiger charge is 2.25. The Hall–Kier alpha value is -2.52. The minimum absolute atomic E-state index is 0.0866. The number of ether oxygens (including phenoxy) is 2. The van der Waals surface area contributed by atoms with E-state index in [0.29, 0.717) is 34.6 Å². The van der Waals surface area contributed by atoms with Crippen LogP contribution in [-0.2, 0) is 14.3 Å². The van der Waals surface area contributed by atoms with Crippen LogP contribution in [0.4, 0.5) is 21.9 Å². The Bertz CT molecular complexity index is 1030. The molecule has 3 N–H and O–H groups in total. The van der Waals surface area contributed by atoms with Crippen molar-refractivity contribution in [3.05, 3.63) is 52.0 Å². The van der Waals surface area contributed by atoms with E-state index in [2.05, 4.69) is 22.5 Å². The van der Waals surface area contributed by atoms with E-state index >= 15 is 0 Å². The predicted molar refractivity (Wildman–Crippen MR) is 139 cm³/mol. The van der Waals surface area contributed by atoms with Crippen molar-refractivity contribution in [1.82, 2.24) is 0 Å². The van der Waals surface area contributed by atoms with Gasteiger partial charge in [0, 0.05) is 43.9 Å². The number of methoxy groups -OCH3 is 1. The average Bonchev–Trinajstić information content (AvgIpc) is 2.82. The summed E-state index contributed by atoms with van der Waals surface area (Å²) in [5, 5.41) is 15.9. The molecular formula is C25H31Cl2N3O5. The van der Waals surface area contributed by atoms with Gasteiger partial charge in [0.15, 0.2) is 0 Å². The van der Waals surface area contributed by atoms with Gasteiger partial charge in [-0.2, -0.15) is 0 Å². The highest BCUT2D eigenvalue weighted by Crippen LogP contribution is 2.34. The summed E-state index contributed by atoms with van der Waals surface area (Å²) in [7, 11) is 1.54. The topological polar surface area (TPSA) is 100 Å². The van der Waals surface area contributed by atoms with E-state index in [1.165, 1.54) is 7.11 Å². The molecule has 1 aliphatic heterocycles. The van der Waals surface area contributed by atoms with Gasteiger partial charge in [-0.15, -0.1) is 0 Å². The number of carboxylic acid groups (broad SMARTS) is 1. The predicted octanol–water partition coefficient (Wildman–Crippen LogP) is 5.85. The molecule has 2 aromatic carbocycles. The number of amides is 2. The third-order valence-corrected chi connectivity index (χ3v) is 6.54. The normalized spacial score (nSPS) is 14.9. The van der Waals surface area contributed by atoms with Crippen LogP contribution in [0, 0.1) is 0 Å². The molecule has 0 aliphatic carbocycles. The third kappa shape index (κ3) is 7.48. The van der Waals surface area contributed by atoms with E-state index in [1.54, 1.807) is 18.2 Å². The monoisotopic (exact) mass is 523 g/mol. The largest absolute Gasteiger partial charge is 0.481 e. The molecule has 0 saturated carbocycles. The number of nitrogens with zero attached hydrogens (tertiary/aromatic N) is 1. The zero-order chi connectivity index (χ0) is 25.4. The summed E-state index contributed by atoms with van der Waals surface area (Å²) < 4.78 is 10.8. The molecule has 1 heterocycles. The van der Waals surface area contributed by atoms with Gasteiger partial charge in [-0.25, -0.2) is 4.79 Å². The minimum atomic E-state index is -0.918. The maximum absolute atomic E-state index is 13.0. The Morgan fingerprint density at radius 1 is 1.14 bits per heavy atom. The van der Waals surface area contributed by atoms with Crippen LogP contribution in [0.15, 0.2) is 36.4 Å². The fourth-order valence-corrected chi connectivity index (χ4v) is 4.79. The number of anilines is 3. The number of carbonyl (C=O) groups is 2. The number of carboxylic acids is 1. The Morgan fingerprint density at radius 2 is 1.86 bits per heavy atom. The lowest BCUT2D eigenvalue weighted by molar-refractivity contribution is -0.137. The second kappa shape index (κ2) is 13.0. The summed E-state index contributed by atoms with van der Waals surface area (Å²) in [5.74, 6) is -1.28. The first-order valence-corrected chi connectivity index (χ1v) is 12.3. The van der Waals surface area contributed by atoms with Crippen molar-refractivity contribution in [2.24, 2.45) is 0 Å². The van der Waals surface area contributed by atoms with Crippen molar-refractivity contribution in [2.75, 3.05) is 49.0 Å². The van der Waals surface area contributed by atoms with Crippen molar-refractivity contribution in [2.45, 2.75) is 38.1 Å². The number of carbonyl (C=O) groups excluding carboxylic acids is 1. The lowest BCUT2D eigenvalue weighted by Crippen LogP contribution is -2.40. The van der Waals surface area contributed by atoms with Crippen LogP contribution in [0.3, 0.4) is 0 Å². The number of nitrogens with one attached hydrogen (secondary N) is 2. The molecule has 2 aromatic rings. The van der Waals surface area contributed by atoms with Crippen molar-refractivity contribution in [3.8, 4) is 0 Å². The molecule has 35 heavy (non-hydrogen) atoms. The van der Waals surface area contributed by atoms with Crippen LogP contribution < -0.4 is 15.5 Å². The molecular weight excluding hydrogens is 493 g/mol. The molecule has 8 nitrogen and oxygen atoms in total. The van der Waals surface area contributed by atoms with Crippen molar-refractivity contribution in [1.29, 1.82) is 0 Å². The first-order chi connectivity index (χ1) is 16.8. The Balaban J connectivity index is 1.94. The lowest BCUT2D eigenvalue weighted by Gasteiger charge is -2.36. The molecule has 0 bridgehead atoms. The zero-order valence-corrected chi connectivity index (χ0v) is 21.4. The molecule has 1 aliphatic rings. The van der Waals surface area contributed by atoms with Crippen molar-refractivity contribution in [3.63, 3.8) is 0 Å². The number of benzene rings is 2. The smallest absolute Gasteiger partial charge is 0.323 e. The summed E-state index contributed by atoms with van der Waals surface area (Å²) in [5.41, 5.74) is 2.61. The van der Waals surface area contributed by atoms with Gasteiger partial charge < -0.3 is 30.1 Å². The highest BCUT2D eigenvalue weighted by molar-refractivity contribution is 6.36. The summed E-state index contributed by atoms with van der Waals surface area (Å²) in [6, 6.07) is 10.3. The fourth-order valence-electron chi connectivity index (χ4n) is 4.33. The van der Waals surface area contributed by atoms with Gasteiger partial charge in [-0.05, 0) is 55.7 Å². The number of halogens is 2. The fraction of sp³-hybridized carbons (Fsp3) is 0.440. The summed E-state index contributed by atoms with van der Waals surface area (Å²) in [6.45, 7) is 4.42. The summed E-state index contributed by atoms with van der Waals surface area (Å²) >= 11 is 12.2. The molecule has 1 fully saturated rings. The first-order valence-electron chi connectivity index (χ1n) is 11.5. The minimum Gasteiger partial charge on any atom is -0.481 e. The zero-order valence-electron chi connectivity index (χ0n) is 19.9. The van der Waals surface area contributed by atoms with Crippen LogP contribution in [0.2, 0.25) is 10.0 Å². The molecule has 0 radical (unpaired) electrons. The van der Waals surface area contributed by atoms with E-state index in [0.717, 1.165) is 30.6 Å². The molecule has 1 unspecified atom stereocenters. The van der Waals surface area contributed by atoms with Gasteiger partial charge in [0.1, 0.15) is 0 Å². The first kappa shape index (κ1) is 27.1. The number of hydrogen-bond acceptors (Lipinski definition) is 5. The van der Waals surface area contributed by atoms with Crippen LogP contribution in [0.1, 0.15) is 37.7 Å². The van der Waals surface area contributed by atoms with Gasteiger partial charge >= 0.3 is 12.0 Å². The van der Waals surface area contributed by atoms with Gasteiger partial charge in [0.05, 0.1) is 35.1 Å². The number of hydrogen-bond donors (Lipinski definition) is 3. The number of aliphatic carboxylic acids is 1. The van der Waals surface area contributed by atoms with Crippen LogP contribution >= 0.6 is 23.2 Å². The van der Waals surface area contributed by atoms with Crippen molar-refractivity contribution >= 4 is 52.3 Å². The SMILES string of the molecule is CCN(c1ccc(C(COC)CC(=O)O)cc1NC(=O)Nc1ccc(Cl)cc1Cl)C1CCOCC1. The number of rotatable bonds is 10. The Labute approximate surface area is 215 Å². The van der Waals surface area contributed by atoms with E-state index in [1.807, 2.05) is 18.2 Å². The standard InChI is InChI=1S/C25H31Cl2N3O5/c1-3-30(19-8-10-35-11-9-19)23-7-4-16(17(15-34-2)13-24(31)32)12-22(23)29-25(33)28-21-6-5-18(26)14-20(21)27/h4-7,12,14,17,19H,3,8-11,13,15H2,1-2H3,(H,31,32)(H2,28,29,33). The van der Waals surface area contributed by atoms with E-state index in [-0.39, 0.29) is 25.0 Å². The third-order valence-electron chi connectivity index (χ3n) is 5.99. The second-order valence-corrected chi connectivity index (χ2v) is 9.20. The van der Waals surface area contributed by atoms with Crippen molar-refractivity contribution < 1.29 is 24.2 Å². The Kier molecular flexibility index (Phi) is 10.0. The molecule has 3 rings (SSSR count). The molecule has 10 heteroatoms. The van der Waals surface area contributed by atoms with E-state index in [9.17, 15) is 14.7 Å². The van der Waals surface area contributed by atoms with Gasteiger partial charge in [0.25, 0.3) is 0 Å². The maximum atomic E-state index is 13.0. The van der Waals surface area contributed by atoms with Gasteiger partial charge in [-0.3, -0.25) is 4.79 Å². The summed E-state index contributed by atoms with van der Waals surface area (Å²) in [6.07, 6.45) is 1.68. The number of urea groups is 1. The average molecular weight is 524 g/mol. The van der Waals surface area contributed by atoms with E-state index < -0.39 is 12.0 Å². The lowest BCUT2D eigenvalue weighted by atomic mass is 9.95. The maximum Gasteiger partial charge on any atom is 0.323 e. The summed E-state index contributed by atoms with van der Waals surface area (Å²) in [4.78, 5) is 26.7. The van der Waals surface area contributed by atoms with Crippen LogP contribution in [0.25, 0.3) is 0 Å². The van der Waals surface area contributed by atoms with Gasteiger partial charge in [0.2, 0.25) is 0 Å².